The molecule has 0 saturated carbocycles. The lowest BCUT2D eigenvalue weighted by atomic mass is 10.0. The maximum absolute atomic E-state index is 13.8. The zero-order valence-corrected chi connectivity index (χ0v) is 23.7. The summed E-state index contributed by atoms with van der Waals surface area (Å²) in [4.78, 5) is 29.3. The fraction of sp³-hybridized carbons (Fsp3) is 0.267. The number of nitrogens with zero attached hydrogens (tertiary/aromatic N) is 1. The number of aliphatic hydroxyl groups excluding tert-OH is 1. The molecule has 3 aromatic carbocycles. The minimum atomic E-state index is -1.08. The Labute approximate surface area is 234 Å². The molecule has 0 fully saturated rings. The van der Waals surface area contributed by atoms with Gasteiger partial charge in [-0.25, -0.2) is 0 Å². The maximum atomic E-state index is 13.8. The van der Waals surface area contributed by atoms with Crippen LogP contribution in [0.5, 0.6) is 0 Å². The molecule has 0 bridgehead atoms. The molecule has 2 heterocycles. The molecule has 0 saturated heterocycles. The molecule has 0 aliphatic carbocycles. The fourth-order valence-corrected chi connectivity index (χ4v) is 6.86. The summed E-state index contributed by atoms with van der Waals surface area (Å²) in [5, 5.41) is 13.8. The van der Waals surface area contributed by atoms with Crippen LogP contribution < -0.4 is 16.0 Å². The number of fused-ring (bicyclic) bond motifs is 2. The van der Waals surface area contributed by atoms with E-state index in [1.807, 2.05) is 54.6 Å². The second-order valence-electron chi connectivity index (χ2n) is 10.2. The monoisotopic (exact) mass is 591 g/mol. The van der Waals surface area contributed by atoms with Crippen LogP contribution in [0.4, 0.5) is 5.69 Å². The van der Waals surface area contributed by atoms with Gasteiger partial charge in [0, 0.05) is 20.2 Å². The first-order valence-electron chi connectivity index (χ1n) is 12.6. The highest BCUT2D eigenvalue weighted by atomic mass is 79.9. The molecule has 0 unspecified atom stereocenters. The van der Waals surface area contributed by atoms with Gasteiger partial charge in [-0.3, -0.25) is 9.59 Å². The molecule has 8 heteroatoms. The van der Waals surface area contributed by atoms with Gasteiger partial charge >= 0.3 is 0 Å². The second-order valence-corrected chi connectivity index (χ2v) is 12.1. The summed E-state index contributed by atoms with van der Waals surface area (Å²) in [6.45, 7) is 3.61. The van der Waals surface area contributed by atoms with Gasteiger partial charge < -0.3 is 21.1 Å². The molecule has 1 aromatic heterocycles. The first-order chi connectivity index (χ1) is 18.2. The molecule has 1 aliphatic rings. The molecule has 4 aromatic rings. The topological polar surface area (TPSA) is 95.7 Å². The number of benzene rings is 3. The molecule has 6 nitrogen and oxygen atoms in total. The number of anilines is 1. The average Bonchev–Trinajstić information content (AvgIpc) is 3.17. The third kappa shape index (κ3) is 5.14. The Hall–Kier alpha value is -3.04. The minimum Gasteiger partial charge on any atom is -0.392 e. The predicted molar refractivity (Wildman–Crippen MR) is 157 cm³/mol. The number of rotatable bonds is 6. The molecule has 2 amide bonds. The second kappa shape index (κ2) is 10.6. The number of aryl methyl sites for hydroxylation is 1. The molecule has 1 atom stereocenters. The molecule has 0 spiro atoms. The molecule has 1 aliphatic heterocycles. The van der Waals surface area contributed by atoms with Crippen molar-refractivity contribution in [3.63, 3.8) is 0 Å². The van der Waals surface area contributed by atoms with Crippen LogP contribution in [0, 0.1) is 0 Å². The number of carbonyl (C=O) groups excluding carboxylic acids is 2. The van der Waals surface area contributed by atoms with Crippen molar-refractivity contribution in [1.82, 2.24) is 5.32 Å². The third-order valence-corrected chi connectivity index (χ3v) is 9.19. The first-order valence-corrected chi connectivity index (χ1v) is 14.2. The van der Waals surface area contributed by atoms with Crippen LogP contribution >= 0.6 is 27.3 Å². The number of halogens is 1. The molecular weight excluding hydrogens is 562 g/mol. The van der Waals surface area contributed by atoms with Crippen LogP contribution in [0.1, 0.15) is 37.0 Å². The van der Waals surface area contributed by atoms with Crippen molar-refractivity contribution in [2.45, 2.75) is 51.4 Å². The van der Waals surface area contributed by atoms with E-state index in [0.717, 1.165) is 47.4 Å². The Morgan fingerprint density at radius 3 is 2.66 bits per heavy atom. The highest BCUT2D eigenvalue weighted by Crippen LogP contribution is 2.44. The summed E-state index contributed by atoms with van der Waals surface area (Å²) in [6.07, 6.45) is 1.19. The van der Waals surface area contributed by atoms with Crippen molar-refractivity contribution in [2.24, 2.45) is 5.73 Å². The van der Waals surface area contributed by atoms with Gasteiger partial charge in [-0.05, 0) is 83.1 Å². The quantitative estimate of drug-likeness (QED) is 0.275. The van der Waals surface area contributed by atoms with E-state index >= 15 is 0 Å². The summed E-state index contributed by atoms with van der Waals surface area (Å²) in [5.41, 5.74) is 9.72. The van der Waals surface area contributed by atoms with Crippen LogP contribution in [0.3, 0.4) is 0 Å². The van der Waals surface area contributed by atoms with E-state index < -0.39 is 11.6 Å². The Morgan fingerprint density at radius 1 is 1.16 bits per heavy atom. The van der Waals surface area contributed by atoms with Gasteiger partial charge in [-0.1, -0.05) is 48.5 Å². The van der Waals surface area contributed by atoms with E-state index in [4.69, 9.17) is 5.73 Å². The normalized spacial score (nSPS) is 15.9. The Morgan fingerprint density at radius 2 is 1.89 bits per heavy atom. The molecular formula is C30H30BrN3O3S. The number of nitrogens with one attached hydrogen (secondary N) is 1. The lowest BCUT2D eigenvalue weighted by molar-refractivity contribution is -0.130. The van der Waals surface area contributed by atoms with Crippen molar-refractivity contribution in [2.75, 3.05) is 4.90 Å². The van der Waals surface area contributed by atoms with Crippen molar-refractivity contribution < 1.29 is 14.7 Å². The standard InChI is InChI=1S/C30H30BrN3O3S/c1-30(2,32)29(37)33-23-13-12-19-7-4-6-10-24(19)34(28(23)36)16-18-11-14-25-22(15-18)26(31)27(38-25)21-9-5-3-8-20(21)17-35/h3-11,14-15,23,35H,12-13,16-17,32H2,1-2H3,(H,33,37)/t23-/m1/s1. The number of hydrogen-bond donors (Lipinski definition) is 3. The first kappa shape index (κ1) is 26.6. The predicted octanol–water partition coefficient (Wildman–Crippen LogP) is 5.52. The zero-order valence-electron chi connectivity index (χ0n) is 21.3. The summed E-state index contributed by atoms with van der Waals surface area (Å²) in [6, 6.07) is 21.3. The molecule has 0 radical (unpaired) electrons. The lowest BCUT2D eigenvalue weighted by Crippen LogP contribution is -2.56. The highest BCUT2D eigenvalue weighted by Gasteiger charge is 2.34. The summed E-state index contributed by atoms with van der Waals surface area (Å²) < 4.78 is 2.08. The van der Waals surface area contributed by atoms with Gasteiger partial charge in [0.05, 0.1) is 23.6 Å². The van der Waals surface area contributed by atoms with E-state index in [1.54, 1.807) is 30.1 Å². The van der Waals surface area contributed by atoms with Crippen LogP contribution in [-0.4, -0.2) is 28.5 Å². The van der Waals surface area contributed by atoms with Gasteiger partial charge in [0.2, 0.25) is 11.8 Å². The number of para-hydroxylation sites is 1. The van der Waals surface area contributed by atoms with Crippen LogP contribution in [0.15, 0.2) is 71.2 Å². The molecule has 196 valence electrons. The van der Waals surface area contributed by atoms with Crippen molar-refractivity contribution in [3.8, 4) is 10.4 Å². The van der Waals surface area contributed by atoms with E-state index in [-0.39, 0.29) is 18.4 Å². The van der Waals surface area contributed by atoms with Crippen LogP contribution in [0.2, 0.25) is 0 Å². The van der Waals surface area contributed by atoms with Crippen molar-refractivity contribution in [1.29, 1.82) is 0 Å². The SMILES string of the molecule is CC(C)(N)C(=O)N[C@@H]1CCc2ccccc2N(Cc2ccc3sc(-c4ccccc4CO)c(Br)c3c2)C1=O. The lowest BCUT2D eigenvalue weighted by Gasteiger charge is -2.28. The van der Waals surface area contributed by atoms with Gasteiger partial charge in [0.1, 0.15) is 6.04 Å². The number of carbonyl (C=O) groups is 2. The number of amides is 2. The third-order valence-electron chi connectivity index (χ3n) is 6.90. The van der Waals surface area contributed by atoms with Gasteiger partial charge in [-0.2, -0.15) is 0 Å². The largest absolute Gasteiger partial charge is 0.392 e. The Kier molecular flexibility index (Phi) is 7.42. The van der Waals surface area contributed by atoms with Gasteiger partial charge in [0.25, 0.3) is 0 Å². The van der Waals surface area contributed by atoms with Gasteiger partial charge in [0.15, 0.2) is 0 Å². The minimum absolute atomic E-state index is 0.0301. The number of thiophene rings is 1. The zero-order chi connectivity index (χ0) is 27.0. The number of aliphatic hydroxyl groups is 1. The van der Waals surface area contributed by atoms with Crippen molar-refractivity contribution in [3.05, 3.63) is 87.9 Å². The summed E-state index contributed by atoms with van der Waals surface area (Å²) in [7, 11) is 0. The van der Waals surface area contributed by atoms with Crippen LogP contribution in [-0.2, 0) is 29.2 Å². The Bertz CT molecular complexity index is 1520. The maximum Gasteiger partial charge on any atom is 0.249 e. The fourth-order valence-electron chi connectivity index (χ4n) is 4.81. The summed E-state index contributed by atoms with van der Waals surface area (Å²) in [5.74, 6) is -0.490. The number of hydrogen-bond acceptors (Lipinski definition) is 5. The number of nitrogens with two attached hydrogens (primary N) is 1. The van der Waals surface area contributed by atoms with E-state index in [1.165, 1.54) is 0 Å². The van der Waals surface area contributed by atoms with Crippen molar-refractivity contribution >= 4 is 54.9 Å². The average molecular weight is 593 g/mol. The molecule has 38 heavy (non-hydrogen) atoms. The smallest absolute Gasteiger partial charge is 0.249 e. The van der Waals surface area contributed by atoms with E-state index in [0.29, 0.717) is 19.4 Å². The van der Waals surface area contributed by atoms with Crippen LogP contribution in [0.25, 0.3) is 20.5 Å². The molecule has 5 rings (SSSR count). The summed E-state index contributed by atoms with van der Waals surface area (Å²) >= 11 is 5.47. The van der Waals surface area contributed by atoms with Gasteiger partial charge in [-0.15, -0.1) is 11.3 Å². The Balaban J connectivity index is 1.50. The molecule has 4 N–H and O–H groups in total. The van der Waals surface area contributed by atoms with E-state index in [2.05, 4.69) is 33.4 Å². The van der Waals surface area contributed by atoms with E-state index in [9.17, 15) is 14.7 Å². The highest BCUT2D eigenvalue weighted by molar-refractivity contribution is 9.10.